The van der Waals surface area contributed by atoms with Crippen LogP contribution in [0.1, 0.15) is 38.5 Å². The molecule has 4 heterocycles. The molecule has 29 heavy (non-hydrogen) atoms. The molecule has 10 heteroatoms. The Balaban J connectivity index is 1.56. The highest BCUT2D eigenvalue weighted by atomic mass is 16.5. The first-order valence-electron chi connectivity index (χ1n) is 9.82. The molecular weight excluding hydrogens is 378 g/mol. The number of guanidine groups is 1. The van der Waals surface area contributed by atoms with E-state index in [1.807, 2.05) is 0 Å². The van der Waals surface area contributed by atoms with Crippen molar-refractivity contribution in [1.82, 2.24) is 20.2 Å². The van der Waals surface area contributed by atoms with Crippen molar-refractivity contribution >= 4 is 11.9 Å². The summed E-state index contributed by atoms with van der Waals surface area (Å²) in [7, 11) is 2.97. The number of piperidine rings is 1. The maximum absolute atomic E-state index is 11.5. The zero-order valence-electron chi connectivity index (χ0n) is 17.0. The SMILES string of the molecule is COc1cc([C@@H](O)[C@H]2C[C@H]3C[C@H](OC(C)=O)[C@H](C)[C@H]4CN=C(N2)N34)nc(OC)n1. The quantitative estimate of drug-likeness (QED) is 0.665. The van der Waals surface area contributed by atoms with Gasteiger partial charge < -0.3 is 29.5 Å². The zero-order chi connectivity index (χ0) is 20.7. The van der Waals surface area contributed by atoms with E-state index in [1.54, 1.807) is 6.07 Å². The first-order valence-corrected chi connectivity index (χ1v) is 9.82. The van der Waals surface area contributed by atoms with Crippen molar-refractivity contribution in [2.24, 2.45) is 10.9 Å². The van der Waals surface area contributed by atoms with Crippen molar-refractivity contribution in [3.05, 3.63) is 11.8 Å². The molecule has 1 aromatic rings. The smallest absolute Gasteiger partial charge is 0.319 e. The molecule has 0 aromatic carbocycles. The second kappa shape index (κ2) is 7.66. The molecule has 0 amide bonds. The van der Waals surface area contributed by atoms with Crippen LogP contribution in [-0.4, -0.2) is 76.9 Å². The fraction of sp³-hybridized carbons (Fsp3) is 0.684. The fourth-order valence-electron chi connectivity index (χ4n) is 4.61. The van der Waals surface area contributed by atoms with Crippen LogP contribution in [0.4, 0.5) is 0 Å². The van der Waals surface area contributed by atoms with Crippen LogP contribution in [0.5, 0.6) is 11.9 Å². The van der Waals surface area contributed by atoms with Crippen molar-refractivity contribution in [1.29, 1.82) is 0 Å². The second-order valence-electron chi connectivity index (χ2n) is 7.79. The van der Waals surface area contributed by atoms with E-state index >= 15 is 0 Å². The molecule has 2 saturated heterocycles. The molecule has 158 valence electrons. The molecule has 2 N–H and O–H groups in total. The van der Waals surface area contributed by atoms with Gasteiger partial charge in [-0.2, -0.15) is 9.97 Å². The number of carbonyl (C=O) groups excluding carboxylic acids is 1. The molecule has 0 unspecified atom stereocenters. The van der Waals surface area contributed by atoms with Gasteiger partial charge in [0.25, 0.3) is 0 Å². The van der Waals surface area contributed by atoms with E-state index in [-0.39, 0.29) is 42.1 Å². The summed E-state index contributed by atoms with van der Waals surface area (Å²) in [6.45, 7) is 4.20. The molecule has 0 bridgehead atoms. The van der Waals surface area contributed by atoms with Gasteiger partial charge in [0.15, 0.2) is 5.96 Å². The number of nitrogens with zero attached hydrogens (tertiary/aromatic N) is 4. The average Bonchev–Trinajstić information content (AvgIpc) is 3.15. The van der Waals surface area contributed by atoms with Gasteiger partial charge in [0, 0.05) is 31.4 Å². The number of esters is 1. The molecular formula is C19H27N5O5. The van der Waals surface area contributed by atoms with E-state index in [0.717, 1.165) is 5.96 Å². The molecule has 0 spiro atoms. The Kier molecular flexibility index (Phi) is 5.20. The van der Waals surface area contributed by atoms with Gasteiger partial charge in [0.1, 0.15) is 12.2 Å². The Morgan fingerprint density at radius 3 is 2.79 bits per heavy atom. The van der Waals surface area contributed by atoms with Gasteiger partial charge in [0.05, 0.1) is 38.5 Å². The summed E-state index contributed by atoms with van der Waals surface area (Å²) >= 11 is 0. The van der Waals surface area contributed by atoms with Gasteiger partial charge in [-0.15, -0.1) is 0 Å². The number of ether oxygens (including phenoxy) is 3. The molecule has 3 aliphatic heterocycles. The zero-order valence-corrected chi connectivity index (χ0v) is 17.0. The molecule has 4 rings (SSSR count). The third-order valence-electron chi connectivity index (χ3n) is 6.06. The lowest BCUT2D eigenvalue weighted by atomic mass is 9.81. The molecule has 2 fully saturated rings. The number of aromatic nitrogens is 2. The van der Waals surface area contributed by atoms with Crippen LogP contribution >= 0.6 is 0 Å². The highest BCUT2D eigenvalue weighted by Gasteiger charge is 2.50. The monoisotopic (exact) mass is 405 g/mol. The number of aliphatic hydroxyl groups is 1. The molecule has 3 aliphatic rings. The van der Waals surface area contributed by atoms with E-state index in [1.165, 1.54) is 21.1 Å². The van der Waals surface area contributed by atoms with Gasteiger partial charge in [-0.3, -0.25) is 9.79 Å². The van der Waals surface area contributed by atoms with Crippen molar-refractivity contribution < 1.29 is 24.1 Å². The summed E-state index contributed by atoms with van der Waals surface area (Å²) in [5.74, 6) is 1.04. The highest BCUT2D eigenvalue weighted by molar-refractivity contribution is 5.84. The van der Waals surface area contributed by atoms with Gasteiger partial charge in [-0.05, 0) is 6.42 Å². The minimum Gasteiger partial charge on any atom is -0.481 e. The van der Waals surface area contributed by atoms with Crippen LogP contribution in [-0.2, 0) is 9.53 Å². The van der Waals surface area contributed by atoms with Crippen molar-refractivity contribution in [2.45, 2.75) is 57.0 Å². The lowest BCUT2D eigenvalue weighted by molar-refractivity contribution is -0.154. The molecule has 0 radical (unpaired) electrons. The van der Waals surface area contributed by atoms with E-state index in [2.05, 4.69) is 32.1 Å². The number of nitrogens with one attached hydrogen (secondary N) is 1. The summed E-state index contributed by atoms with van der Waals surface area (Å²) in [6, 6.07) is 1.75. The number of aliphatic imine (C=N–C) groups is 1. The van der Waals surface area contributed by atoms with Crippen LogP contribution in [0.25, 0.3) is 0 Å². The van der Waals surface area contributed by atoms with E-state index in [0.29, 0.717) is 31.0 Å². The Morgan fingerprint density at radius 1 is 1.31 bits per heavy atom. The Bertz CT molecular complexity index is 796. The first-order chi connectivity index (χ1) is 13.9. The Hall–Kier alpha value is -2.62. The Morgan fingerprint density at radius 2 is 2.10 bits per heavy atom. The van der Waals surface area contributed by atoms with Crippen LogP contribution in [0.2, 0.25) is 0 Å². The summed E-state index contributed by atoms with van der Waals surface area (Å²) in [5, 5.41) is 14.4. The largest absolute Gasteiger partial charge is 0.481 e. The third-order valence-corrected chi connectivity index (χ3v) is 6.06. The minimum atomic E-state index is -0.906. The van der Waals surface area contributed by atoms with Gasteiger partial charge in [0.2, 0.25) is 5.88 Å². The van der Waals surface area contributed by atoms with E-state index in [4.69, 9.17) is 14.2 Å². The minimum absolute atomic E-state index is 0.119. The molecule has 0 saturated carbocycles. The molecule has 10 nitrogen and oxygen atoms in total. The lowest BCUT2D eigenvalue weighted by Crippen LogP contribution is -2.65. The number of aliphatic hydroxyl groups excluding tert-OH is 1. The van der Waals surface area contributed by atoms with E-state index < -0.39 is 6.10 Å². The van der Waals surface area contributed by atoms with Crippen molar-refractivity contribution in [3.63, 3.8) is 0 Å². The van der Waals surface area contributed by atoms with Crippen LogP contribution in [0.15, 0.2) is 11.1 Å². The van der Waals surface area contributed by atoms with Crippen LogP contribution in [0.3, 0.4) is 0 Å². The predicted octanol–water partition coefficient (Wildman–Crippen LogP) is 0.269. The number of rotatable bonds is 5. The van der Waals surface area contributed by atoms with Crippen LogP contribution in [0, 0.1) is 5.92 Å². The van der Waals surface area contributed by atoms with Gasteiger partial charge in [-0.25, -0.2) is 0 Å². The highest BCUT2D eigenvalue weighted by Crippen LogP contribution is 2.39. The number of carbonyl (C=O) groups is 1. The second-order valence-corrected chi connectivity index (χ2v) is 7.79. The first kappa shape index (κ1) is 19.7. The summed E-state index contributed by atoms with van der Waals surface area (Å²) in [4.78, 5) is 26.8. The summed E-state index contributed by atoms with van der Waals surface area (Å²) in [5.41, 5.74) is 0.413. The predicted molar refractivity (Wildman–Crippen MR) is 103 cm³/mol. The average molecular weight is 405 g/mol. The van der Waals surface area contributed by atoms with Crippen LogP contribution < -0.4 is 14.8 Å². The topological polar surface area (TPSA) is 118 Å². The fourth-order valence-corrected chi connectivity index (χ4v) is 4.61. The molecule has 1 aromatic heterocycles. The summed E-state index contributed by atoms with van der Waals surface area (Å²) < 4.78 is 15.9. The van der Waals surface area contributed by atoms with Gasteiger partial charge in [-0.1, -0.05) is 6.92 Å². The number of methoxy groups -OCH3 is 2. The summed E-state index contributed by atoms with van der Waals surface area (Å²) in [6.07, 6.45) is 0.313. The normalized spacial score (nSPS) is 31.3. The Labute approximate surface area is 169 Å². The lowest BCUT2D eigenvalue weighted by Gasteiger charge is -2.50. The van der Waals surface area contributed by atoms with Crippen molar-refractivity contribution in [2.75, 3.05) is 20.8 Å². The standard InChI is InChI=1S/C19H27N5O5/c1-9-14-8-20-18-21-12(5-11(24(14)18)6-15(9)29-10(2)25)17(26)13-7-16(27-3)23-19(22-13)28-4/h7,9,11-12,14-15,17,26H,5-6,8H2,1-4H3,(H,20,21)/t9-,11+,12-,14-,15+,17+/m1/s1. The van der Waals surface area contributed by atoms with Gasteiger partial charge >= 0.3 is 12.0 Å². The molecule has 6 atom stereocenters. The maximum atomic E-state index is 11.5. The third kappa shape index (κ3) is 3.57. The maximum Gasteiger partial charge on any atom is 0.319 e. The van der Waals surface area contributed by atoms with Crippen molar-refractivity contribution in [3.8, 4) is 11.9 Å². The number of hydrogen-bond acceptors (Lipinski definition) is 10. The number of hydrogen-bond donors (Lipinski definition) is 2. The molecule has 0 aliphatic carbocycles. The van der Waals surface area contributed by atoms with E-state index in [9.17, 15) is 9.90 Å².